The van der Waals surface area contributed by atoms with Crippen LogP contribution in [0.1, 0.15) is 43.5 Å². The molecule has 1 aliphatic rings. The van der Waals surface area contributed by atoms with E-state index in [0.29, 0.717) is 17.0 Å². The molecule has 0 aliphatic carbocycles. The van der Waals surface area contributed by atoms with Crippen molar-refractivity contribution in [1.82, 2.24) is 29.9 Å². The molecule has 6 nitrogen and oxygen atoms in total. The Morgan fingerprint density at radius 1 is 1.48 bits per heavy atom. The first kappa shape index (κ1) is 14.5. The molecule has 3 heterocycles. The summed E-state index contributed by atoms with van der Waals surface area (Å²) in [5.41, 5.74) is 1.02. The summed E-state index contributed by atoms with van der Waals surface area (Å²) >= 11 is 6.13. The van der Waals surface area contributed by atoms with E-state index in [-0.39, 0.29) is 0 Å². The smallest absolute Gasteiger partial charge is 0.153 e. The second kappa shape index (κ2) is 5.77. The number of nitrogens with zero attached hydrogens (tertiary/aromatic N) is 5. The number of rotatable bonds is 4. The summed E-state index contributed by atoms with van der Waals surface area (Å²) in [7, 11) is 1.91. The lowest BCUT2D eigenvalue weighted by Gasteiger charge is -2.23. The molecule has 1 aliphatic heterocycles. The van der Waals surface area contributed by atoms with Crippen LogP contribution in [-0.2, 0) is 26.6 Å². The summed E-state index contributed by atoms with van der Waals surface area (Å²) in [5, 5.41) is 13.0. The molecule has 2 aromatic rings. The summed E-state index contributed by atoms with van der Waals surface area (Å²) < 4.78 is 3.86. The van der Waals surface area contributed by atoms with Crippen LogP contribution in [0.5, 0.6) is 0 Å². The van der Waals surface area contributed by atoms with E-state index in [4.69, 9.17) is 11.6 Å². The zero-order chi connectivity index (χ0) is 15.0. The molecule has 0 saturated carbocycles. The Labute approximate surface area is 129 Å². The fourth-order valence-electron chi connectivity index (χ4n) is 2.62. The van der Waals surface area contributed by atoms with Crippen LogP contribution in [-0.4, -0.2) is 30.6 Å². The van der Waals surface area contributed by atoms with Crippen molar-refractivity contribution >= 4 is 11.6 Å². The molecule has 0 amide bonds. The number of aryl methyl sites for hydroxylation is 2. The molecule has 3 rings (SSSR count). The van der Waals surface area contributed by atoms with Gasteiger partial charge < -0.3 is 5.32 Å². The van der Waals surface area contributed by atoms with Gasteiger partial charge >= 0.3 is 0 Å². The summed E-state index contributed by atoms with van der Waals surface area (Å²) in [5.74, 6) is 2.43. The summed E-state index contributed by atoms with van der Waals surface area (Å²) in [4.78, 5) is 4.61. The van der Waals surface area contributed by atoms with Crippen LogP contribution in [0.25, 0.3) is 0 Å². The fraction of sp³-hybridized carbons (Fsp3) is 0.643. The van der Waals surface area contributed by atoms with Crippen molar-refractivity contribution in [2.45, 2.75) is 51.7 Å². The fourth-order valence-corrected chi connectivity index (χ4v) is 2.85. The highest BCUT2D eigenvalue weighted by molar-refractivity contribution is 6.31. The van der Waals surface area contributed by atoms with Crippen molar-refractivity contribution in [2.75, 3.05) is 0 Å². The van der Waals surface area contributed by atoms with Crippen LogP contribution in [0.15, 0.2) is 6.20 Å². The van der Waals surface area contributed by atoms with E-state index in [2.05, 4.69) is 34.3 Å². The van der Waals surface area contributed by atoms with Gasteiger partial charge in [-0.2, -0.15) is 10.2 Å². The van der Waals surface area contributed by atoms with Gasteiger partial charge in [-0.3, -0.25) is 4.68 Å². The van der Waals surface area contributed by atoms with Gasteiger partial charge in [-0.1, -0.05) is 25.4 Å². The highest BCUT2D eigenvalue weighted by Crippen LogP contribution is 2.18. The lowest BCUT2D eigenvalue weighted by Crippen LogP contribution is -2.37. The summed E-state index contributed by atoms with van der Waals surface area (Å²) in [6.07, 6.45) is 3.73. The predicted octanol–water partition coefficient (Wildman–Crippen LogP) is 1.89. The quantitative estimate of drug-likeness (QED) is 0.937. The van der Waals surface area contributed by atoms with E-state index < -0.39 is 0 Å². The number of fused-ring (bicyclic) bond motifs is 1. The van der Waals surface area contributed by atoms with Gasteiger partial charge in [-0.25, -0.2) is 9.67 Å². The first-order chi connectivity index (χ1) is 10.0. The van der Waals surface area contributed by atoms with E-state index in [0.717, 1.165) is 43.3 Å². The molecule has 0 fully saturated rings. The highest BCUT2D eigenvalue weighted by Gasteiger charge is 2.22. The maximum Gasteiger partial charge on any atom is 0.153 e. The maximum absolute atomic E-state index is 6.13. The van der Waals surface area contributed by atoms with Gasteiger partial charge in [0.1, 0.15) is 5.82 Å². The average Bonchev–Trinajstić information content (AvgIpc) is 3.01. The van der Waals surface area contributed by atoms with E-state index in [1.807, 2.05) is 16.4 Å². The number of aromatic nitrogens is 5. The minimum atomic E-state index is 0.378. The monoisotopic (exact) mass is 308 g/mol. The Balaban J connectivity index is 1.64. The van der Waals surface area contributed by atoms with Crippen LogP contribution in [0.2, 0.25) is 5.02 Å². The Kier molecular flexibility index (Phi) is 3.99. The third kappa shape index (κ3) is 2.96. The zero-order valence-corrected chi connectivity index (χ0v) is 13.4. The van der Waals surface area contributed by atoms with Gasteiger partial charge in [0.2, 0.25) is 0 Å². The average molecular weight is 309 g/mol. The van der Waals surface area contributed by atoms with Gasteiger partial charge in [-0.15, -0.1) is 0 Å². The van der Waals surface area contributed by atoms with Gasteiger partial charge in [0, 0.05) is 32.0 Å². The van der Waals surface area contributed by atoms with Crippen LogP contribution >= 0.6 is 11.6 Å². The molecule has 1 atom stereocenters. The van der Waals surface area contributed by atoms with Crippen molar-refractivity contribution in [3.8, 4) is 0 Å². The van der Waals surface area contributed by atoms with E-state index in [1.54, 1.807) is 6.20 Å². The minimum absolute atomic E-state index is 0.378. The Hall–Kier alpha value is -1.40. The zero-order valence-electron chi connectivity index (χ0n) is 12.7. The Morgan fingerprint density at radius 3 is 2.95 bits per heavy atom. The Bertz CT molecular complexity index is 610. The van der Waals surface area contributed by atoms with Gasteiger partial charge in [0.15, 0.2) is 5.82 Å². The molecule has 0 aromatic carbocycles. The number of hydrogen-bond acceptors (Lipinski definition) is 4. The van der Waals surface area contributed by atoms with E-state index >= 15 is 0 Å². The molecule has 0 spiro atoms. The van der Waals surface area contributed by atoms with Gasteiger partial charge in [-0.05, 0) is 6.42 Å². The second-order valence-electron chi connectivity index (χ2n) is 5.90. The molecule has 0 radical (unpaired) electrons. The largest absolute Gasteiger partial charge is 0.306 e. The molecule has 0 saturated heterocycles. The maximum atomic E-state index is 6.13. The van der Waals surface area contributed by atoms with Crippen molar-refractivity contribution in [2.24, 2.45) is 7.05 Å². The molecule has 7 heteroatoms. The highest BCUT2D eigenvalue weighted by atomic mass is 35.5. The first-order valence-electron chi connectivity index (χ1n) is 7.38. The first-order valence-corrected chi connectivity index (χ1v) is 7.75. The molecular formula is C14H21ClN6. The molecule has 0 bridgehead atoms. The normalized spacial score (nSPS) is 18.2. The standard InChI is InChI=1S/C14H21ClN6/c1-9(2)14-18-13-5-4-10(8-21(13)19-14)16-7-12-11(15)6-17-20(12)3/h6,9-10,16H,4-5,7-8H2,1-3H3. The molecule has 2 aromatic heterocycles. The van der Waals surface area contributed by atoms with Crippen LogP contribution in [0, 0.1) is 0 Å². The molecule has 1 N–H and O–H groups in total. The van der Waals surface area contributed by atoms with Crippen molar-refractivity contribution in [3.05, 3.63) is 28.6 Å². The lowest BCUT2D eigenvalue weighted by atomic mass is 10.1. The molecule has 21 heavy (non-hydrogen) atoms. The van der Waals surface area contributed by atoms with Crippen molar-refractivity contribution < 1.29 is 0 Å². The molecule has 1 unspecified atom stereocenters. The molecule has 114 valence electrons. The van der Waals surface area contributed by atoms with Gasteiger partial charge in [0.05, 0.1) is 23.5 Å². The van der Waals surface area contributed by atoms with Gasteiger partial charge in [0.25, 0.3) is 0 Å². The van der Waals surface area contributed by atoms with E-state index in [1.165, 1.54) is 0 Å². The predicted molar refractivity (Wildman–Crippen MR) is 81.3 cm³/mol. The van der Waals surface area contributed by atoms with Crippen molar-refractivity contribution in [1.29, 1.82) is 0 Å². The molecular weight excluding hydrogens is 288 g/mol. The van der Waals surface area contributed by atoms with Crippen LogP contribution < -0.4 is 5.32 Å². The third-order valence-electron chi connectivity index (χ3n) is 3.96. The lowest BCUT2D eigenvalue weighted by molar-refractivity contribution is 0.354. The minimum Gasteiger partial charge on any atom is -0.306 e. The van der Waals surface area contributed by atoms with Crippen LogP contribution in [0.4, 0.5) is 0 Å². The topological polar surface area (TPSA) is 60.6 Å². The third-order valence-corrected chi connectivity index (χ3v) is 4.28. The van der Waals surface area contributed by atoms with Crippen molar-refractivity contribution in [3.63, 3.8) is 0 Å². The number of hydrogen-bond donors (Lipinski definition) is 1. The Morgan fingerprint density at radius 2 is 2.29 bits per heavy atom. The SMILES string of the molecule is CC(C)c1nc2n(n1)CC(NCc1c(Cl)cnn1C)CC2. The number of halogens is 1. The number of nitrogens with one attached hydrogen (secondary N) is 1. The summed E-state index contributed by atoms with van der Waals surface area (Å²) in [6, 6.07) is 0.394. The van der Waals surface area contributed by atoms with Crippen LogP contribution in [0.3, 0.4) is 0 Å². The summed E-state index contributed by atoms with van der Waals surface area (Å²) in [6.45, 7) is 5.84. The second-order valence-corrected chi connectivity index (χ2v) is 6.31. The van der Waals surface area contributed by atoms with E-state index in [9.17, 15) is 0 Å².